The van der Waals surface area contributed by atoms with Gasteiger partial charge in [-0.2, -0.15) is 0 Å². The van der Waals surface area contributed by atoms with Crippen molar-refractivity contribution in [3.63, 3.8) is 0 Å². The lowest BCUT2D eigenvalue weighted by Crippen LogP contribution is -2.37. The molecule has 0 amide bonds. The van der Waals surface area contributed by atoms with Crippen LogP contribution in [-0.4, -0.2) is 11.8 Å². The number of nitrogens with zero attached hydrogens (tertiary/aromatic N) is 1. The first-order valence-corrected chi connectivity index (χ1v) is 16.8. The minimum absolute atomic E-state index is 0.888. The third kappa shape index (κ3) is 3.65. The number of aryl methyl sites for hydroxylation is 2. The van der Waals surface area contributed by atoms with Crippen LogP contribution in [0.4, 0.5) is 11.4 Å². The molecule has 0 bridgehead atoms. The number of hydrogen-bond donors (Lipinski definition) is 1. The molecule has 1 aliphatic heterocycles. The van der Waals surface area contributed by atoms with Crippen LogP contribution in [0.1, 0.15) is 11.1 Å². The molecule has 46 heavy (non-hydrogen) atoms. The number of thiophene rings is 1. The van der Waals surface area contributed by atoms with Crippen LogP contribution in [-0.2, 0) is 0 Å². The summed E-state index contributed by atoms with van der Waals surface area (Å²) < 4.78 is 5.29. The van der Waals surface area contributed by atoms with Gasteiger partial charge in [-0.1, -0.05) is 96.0 Å². The second kappa shape index (κ2) is 9.59. The molecule has 10 rings (SSSR count). The van der Waals surface area contributed by atoms with Crippen molar-refractivity contribution in [3.05, 3.63) is 139 Å². The molecule has 0 unspecified atom stereocenters. The van der Waals surface area contributed by atoms with E-state index in [0.717, 1.165) is 18.7 Å². The minimum Gasteiger partial charge on any atom is -0.355 e. The van der Waals surface area contributed by atoms with Gasteiger partial charge in [-0.15, -0.1) is 11.3 Å². The van der Waals surface area contributed by atoms with E-state index >= 15 is 0 Å². The fourth-order valence-electron chi connectivity index (χ4n) is 7.86. The van der Waals surface area contributed by atoms with E-state index in [1.165, 1.54) is 91.6 Å². The predicted octanol–water partition coefficient (Wildman–Crippen LogP) is 10.0. The summed E-state index contributed by atoms with van der Waals surface area (Å²) in [5.41, 5.74) is 14.0. The van der Waals surface area contributed by atoms with Gasteiger partial charge in [-0.3, -0.25) is 0 Å². The van der Waals surface area contributed by atoms with Crippen molar-refractivity contribution in [2.75, 3.05) is 5.32 Å². The summed E-state index contributed by atoms with van der Waals surface area (Å²) >= 11 is 1.90. The molecule has 0 fully saturated rings. The van der Waals surface area contributed by atoms with Crippen LogP contribution in [0.2, 0.25) is 0 Å². The summed E-state index contributed by atoms with van der Waals surface area (Å²) in [6.07, 6.45) is 0. The highest BCUT2D eigenvalue weighted by Gasteiger charge is 2.29. The molecular formula is C42H29BN2S. The van der Waals surface area contributed by atoms with E-state index in [4.69, 9.17) is 0 Å². The molecule has 9 aromatic rings. The van der Waals surface area contributed by atoms with E-state index in [1.54, 1.807) is 0 Å². The van der Waals surface area contributed by atoms with Crippen molar-refractivity contribution in [1.29, 1.82) is 0 Å². The van der Waals surface area contributed by atoms with Crippen molar-refractivity contribution >= 4 is 93.7 Å². The summed E-state index contributed by atoms with van der Waals surface area (Å²) in [6.45, 7) is 4.43. The SMILES string of the molecule is Cc1ccc(Nc2ccccc2-c2cc(C)c3c4c5ccccc5ccc4n4c3c2Bc2cc3sc5ccccc5c3cc2-4)cc1. The summed E-state index contributed by atoms with van der Waals surface area (Å²) in [7, 11) is 0.888. The number of fused-ring (bicyclic) bond motifs is 10. The summed E-state index contributed by atoms with van der Waals surface area (Å²) in [4.78, 5) is 0. The van der Waals surface area contributed by atoms with Crippen molar-refractivity contribution in [2.24, 2.45) is 0 Å². The van der Waals surface area contributed by atoms with E-state index in [1.807, 2.05) is 11.3 Å². The second-order valence-electron chi connectivity index (χ2n) is 12.7. The highest BCUT2D eigenvalue weighted by molar-refractivity contribution is 7.25. The van der Waals surface area contributed by atoms with Gasteiger partial charge in [-0.25, -0.2) is 0 Å². The van der Waals surface area contributed by atoms with E-state index in [2.05, 4.69) is 151 Å². The fourth-order valence-corrected chi connectivity index (χ4v) is 9.02. The van der Waals surface area contributed by atoms with Crippen LogP contribution < -0.4 is 16.2 Å². The Labute approximate surface area is 271 Å². The maximum absolute atomic E-state index is 3.75. The van der Waals surface area contributed by atoms with Gasteiger partial charge in [0.1, 0.15) is 0 Å². The molecule has 216 valence electrons. The van der Waals surface area contributed by atoms with Crippen molar-refractivity contribution in [3.8, 4) is 16.8 Å². The Kier molecular flexibility index (Phi) is 5.41. The molecule has 0 radical (unpaired) electrons. The molecule has 0 saturated carbocycles. The third-order valence-electron chi connectivity index (χ3n) is 9.96. The van der Waals surface area contributed by atoms with Crippen LogP contribution in [0.25, 0.3) is 69.6 Å². The Bertz CT molecular complexity index is 2710. The second-order valence-corrected chi connectivity index (χ2v) is 13.8. The Hall–Kier alpha value is -5.32. The number of rotatable bonds is 3. The number of hydrogen-bond acceptors (Lipinski definition) is 2. The fraction of sp³-hybridized carbons (Fsp3) is 0.0476. The maximum atomic E-state index is 3.75. The van der Waals surface area contributed by atoms with Crippen molar-refractivity contribution in [2.45, 2.75) is 13.8 Å². The number of aromatic nitrogens is 1. The normalized spacial score (nSPS) is 12.3. The van der Waals surface area contributed by atoms with E-state index in [9.17, 15) is 0 Å². The van der Waals surface area contributed by atoms with Gasteiger partial charge in [-0.05, 0) is 83.7 Å². The van der Waals surface area contributed by atoms with Gasteiger partial charge in [0.15, 0.2) is 7.28 Å². The standard InChI is InChI=1S/C42H29BN2S/c1-24-15-18-27(19-16-24)44-34-13-7-5-11-29(34)32-21-25(2)39-40-28-10-4-3-9-26(28)17-20-35(40)45-36-22-31-30-12-6-8-14-37(30)46-38(31)23-33(36)43-41(32)42(39)45/h3-23,43-44H,1-2H3. The first kappa shape index (κ1) is 26.0. The van der Waals surface area contributed by atoms with Gasteiger partial charge in [0, 0.05) is 59.1 Å². The van der Waals surface area contributed by atoms with Gasteiger partial charge in [0.25, 0.3) is 0 Å². The lowest BCUT2D eigenvalue weighted by molar-refractivity contribution is 1.20. The van der Waals surface area contributed by atoms with E-state index < -0.39 is 0 Å². The first-order chi connectivity index (χ1) is 22.6. The Balaban J connectivity index is 1.32. The average molecular weight is 605 g/mol. The summed E-state index contributed by atoms with van der Waals surface area (Å²) in [5.74, 6) is 0. The molecule has 4 heteroatoms. The zero-order valence-corrected chi connectivity index (χ0v) is 26.5. The largest absolute Gasteiger partial charge is 0.355 e. The molecule has 1 aliphatic rings. The molecule has 0 aliphatic carbocycles. The predicted molar refractivity (Wildman–Crippen MR) is 202 cm³/mol. The van der Waals surface area contributed by atoms with Crippen molar-refractivity contribution in [1.82, 2.24) is 4.57 Å². The zero-order chi connectivity index (χ0) is 30.5. The van der Waals surface area contributed by atoms with Crippen LogP contribution in [0, 0.1) is 13.8 Å². The quantitative estimate of drug-likeness (QED) is 0.199. The maximum Gasteiger partial charge on any atom is 0.198 e. The lowest BCUT2D eigenvalue weighted by atomic mass is 9.58. The average Bonchev–Trinajstić information content (AvgIpc) is 3.63. The van der Waals surface area contributed by atoms with E-state index in [-0.39, 0.29) is 0 Å². The Morgan fingerprint density at radius 2 is 1.41 bits per heavy atom. The van der Waals surface area contributed by atoms with E-state index in [0.29, 0.717) is 0 Å². The number of benzene rings is 7. The summed E-state index contributed by atoms with van der Waals surface area (Å²) in [6, 6.07) is 47.2. The van der Waals surface area contributed by atoms with Crippen molar-refractivity contribution < 1.29 is 0 Å². The number of para-hydroxylation sites is 1. The number of nitrogens with one attached hydrogen (secondary N) is 1. The smallest absolute Gasteiger partial charge is 0.198 e. The minimum atomic E-state index is 0.888. The van der Waals surface area contributed by atoms with Gasteiger partial charge < -0.3 is 9.88 Å². The molecule has 0 spiro atoms. The molecule has 1 N–H and O–H groups in total. The first-order valence-electron chi connectivity index (χ1n) is 16.0. The highest BCUT2D eigenvalue weighted by Crippen LogP contribution is 2.43. The van der Waals surface area contributed by atoms with Crippen LogP contribution in [0.3, 0.4) is 0 Å². The zero-order valence-electron chi connectivity index (χ0n) is 25.7. The Morgan fingerprint density at radius 3 is 2.30 bits per heavy atom. The number of anilines is 2. The monoisotopic (exact) mass is 604 g/mol. The van der Waals surface area contributed by atoms with Gasteiger partial charge in [0.2, 0.25) is 0 Å². The molecular weight excluding hydrogens is 575 g/mol. The van der Waals surface area contributed by atoms with Gasteiger partial charge in [0.05, 0.1) is 5.52 Å². The Morgan fingerprint density at radius 1 is 0.630 bits per heavy atom. The molecule has 0 atom stereocenters. The van der Waals surface area contributed by atoms with Crippen LogP contribution in [0.15, 0.2) is 127 Å². The van der Waals surface area contributed by atoms with Crippen LogP contribution in [0.5, 0.6) is 0 Å². The van der Waals surface area contributed by atoms with Gasteiger partial charge >= 0.3 is 0 Å². The molecule has 2 nitrogen and oxygen atoms in total. The molecule has 2 aromatic heterocycles. The summed E-state index contributed by atoms with van der Waals surface area (Å²) in [5, 5.41) is 11.8. The third-order valence-corrected chi connectivity index (χ3v) is 11.1. The highest BCUT2D eigenvalue weighted by atomic mass is 32.1. The van der Waals surface area contributed by atoms with Crippen LogP contribution >= 0.6 is 11.3 Å². The molecule has 0 saturated heterocycles. The molecule has 3 heterocycles. The lowest BCUT2D eigenvalue weighted by Gasteiger charge is -2.24. The topological polar surface area (TPSA) is 17.0 Å². The molecule has 7 aromatic carbocycles.